The highest BCUT2D eigenvalue weighted by molar-refractivity contribution is 7.88. The number of nitrogens with zero attached hydrogens (tertiary/aromatic N) is 2. The van der Waals surface area contributed by atoms with Gasteiger partial charge >= 0.3 is 16.2 Å². The summed E-state index contributed by atoms with van der Waals surface area (Å²) in [5.41, 5.74) is 1.93. The third kappa shape index (κ3) is 7.51. The minimum atomic E-state index is -4.23. The number of aryl methyl sites for hydroxylation is 1. The van der Waals surface area contributed by atoms with Gasteiger partial charge in [-0.25, -0.2) is 14.5 Å². The lowest BCUT2D eigenvalue weighted by molar-refractivity contribution is -0.120. The molecule has 0 aliphatic rings. The molecule has 2 atom stereocenters. The van der Waals surface area contributed by atoms with Crippen molar-refractivity contribution in [3.05, 3.63) is 76.2 Å². The molecule has 0 fully saturated rings. The highest BCUT2D eigenvalue weighted by Crippen LogP contribution is 2.20. The second-order valence-corrected chi connectivity index (χ2v) is 10.6. The molecule has 1 aromatic heterocycles. The average molecular weight is 532 g/mol. The first-order chi connectivity index (χ1) is 17.1. The Morgan fingerprint density at radius 2 is 1.78 bits per heavy atom. The molecule has 1 heterocycles. The van der Waals surface area contributed by atoms with Crippen LogP contribution in [-0.4, -0.2) is 45.5 Å². The van der Waals surface area contributed by atoms with Crippen LogP contribution in [0.5, 0.6) is 5.75 Å². The maximum atomic E-state index is 13.3. The molecule has 2 unspecified atom stereocenters. The number of aromatic nitrogens is 1. The Morgan fingerprint density at radius 1 is 1.11 bits per heavy atom. The molecule has 0 aliphatic heterocycles. The summed E-state index contributed by atoms with van der Waals surface area (Å²) in [5, 5.41) is 5.05. The summed E-state index contributed by atoms with van der Waals surface area (Å²) in [7, 11) is -1.10. The molecular formula is C24H29N5O5S2. The Morgan fingerprint density at radius 3 is 2.36 bits per heavy atom. The van der Waals surface area contributed by atoms with Crippen molar-refractivity contribution in [2.24, 2.45) is 0 Å². The first kappa shape index (κ1) is 27.1. The quantitative estimate of drug-likeness (QED) is 0.369. The lowest BCUT2D eigenvalue weighted by Crippen LogP contribution is -2.54. The lowest BCUT2D eigenvalue weighted by Gasteiger charge is -2.25. The van der Waals surface area contributed by atoms with E-state index < -0.39 is 34.2 Å². The Kier molecular flexibility index (Phi) is 9.02. The lowest BCUT2D eigenvalue weighted by atomic mass is 10.0. The van der Waals surface area contributed by atoms with Gasteiger partial charge in [-0.3, -0.25) is 4.79 Å². The van der Waals surface area contributed by atoms with Crippen LogP contribution in [0.1, 0.15) is 29.2 Å². The van der Waals surface area contributed by atoms with Gasteiger partial charge in [0.15, 0.2) is 0 Å². The zero-order valence-electron chi connectivity index (χ0n) is 20.4. The van der Waals surface area contributed by atoms with Crippen LogP contribution in [0.4, 0.5) is 10.5 Å². The van der Waals surface area contributed by atoms with Crippen LogP contribution in [0.15, 0.2) is 60.0 Å². The van der Waals surface area contributed by atoms with Gasteiger partial charge in [-0.2, -0.15) is 13.1 Å². The minimum Gasteiger partial charge on any atom is -0.497 e. The topological polar surface area (TPSA) is 130 Å². The van der Waals surface area contributed by atoms with Gasteiger partial charge in [0.1, 0.15) is 11.8 Å². The number of carbonyl (C=O) groups is 2. The maximum Gasteiger partial charge on any atom is 0.330 e. The van der Waals surface area contributed by atoms with E-state index in [1.54, 1.807) is 50.7 Å². The molecule has 3 rings (SSSR count). The number of carbonyl (C=O) groups excluding carboxylic acids is 2. The molecule has 192 valence electrons. The van der Waals surface area contributed by atoms with E-state index in [2.05, 4.69) is 15.0 Å². The van der Waals surface area contributed by atoms with Crippen molar-refractivity contribution in [2.45, 2.75) is 32.4 Å². The second-order valence-electron chi connectivity index (χ2n) is 8.05. The van der Waals surface area contributed by atoms with Crippen LogP contribution in [0.25, 0.3) is 0 Å². The van der Waals surface area contributed by atoms with Crippen molar-refractivity contribution in [1.29, 1.82) is 0 Å². The van der Waals surface area contributed by atoms with Crippen LogP contribution in [0.2, 0.25) is 0 Å². The number of rotatable bonds is 10. The standard InChI is InChI=1S/C24H29N5O5S2/c1-16(22-15-35-17(2)25-22)27-36(32,33)28-24(31)26-21(14-18-8-6-5-7-9-18)23(30)29(3)19-10-12-20(34-4)13-11-19/h5-13,15-16,21,27H,14H2,1-4H3,(H2,26,28,31). The van der Waals surface area contributed by atoms with Gasteiger partial charge < -0.3 is 15.0 Å². The number of methoxy groups -OCH3 is 1. The molecule has 3 amide bonds. The third-order valence-corrected chi connectivity index (χ3v) is 7.23. The van der Waals surface area contributed by atoms with E-state index in [1.807, 2.05) is 42.0 Å². The normalized spacial score (nSPS) is 12.9. The summed E-state index contributed by atoms with van der Waals surface area (Å²) < 4.78 is 34.5. The number of amides is 3. The van der Waals surface area contributed by atoms with E-state index in [4.69, 9.17) is 4.74 Å². The van der Waals surface area contributed by atoms with Gasteiger partial charge in [-0.1, -0.05) is 30.3 Å². The second kappa shape index (κ2) is 12.0. The first-order valence-electron chi connectivity index (χ1n) is 11.1. The third-order valence-electron chi connectivity index (χ3n) is 5.32. The van der Waals surface area contributed by atoms with E-state index >= 15 is 0 Å². The Labute approximate surface area is 214 Å². The summed E-state index contributed by atoms with van der Waals surface area (Å²) in [5.74, 6) is 0.216. The van der Waals surface area contributed by atoms with Gasteiger partial charge in [0, 0.05) is 24.5 Å². The summed E-state index contributed by atoms with van der Waals surface area (Å²) in [6.45, 7) is 3.44. The van der Waals surface area contributed by atoms with Crippen LogP contribution in [0.3, 0.4) is 0 Å². The maximum absolute atomic E-state index is 13.3. The Hall–Kier alpha value is -3.48. The number of hydrogen-bond acceptors (Lipinski definition) is 7. The Balaban J connectivity index is 1.73. The first-order valence-corrected chi connectivity index (χ1v) is 13.4. The zero-order valence-corrected chi connectivity index (χ0v) is 22.0. The van der Waals surface area contributed by atoms with Crippen molar-refractivity contribution in [2.75, 3.05) is 19.1 Å². The molecule has 0 spiro atoms. The number of hydrogen-bond donors (Lipinski definition) is 3. The van der Waals surface area contributed by atoms with Crippen LogP contribution in [-0.2, 0) is 21.4 Å². The summed E-state index contributed by atoms with van der Waals surface area (Å²) in [6, 6.07) is 13.3. The fraction of sp³-hybridized carbons (Fsp3) is 0.292. The fourth-order valence-corrected chi connectivity index (χ4v) is 5.08. The number of ether oxygens (including phenoxy) is 1. The van der Waals surface area contributed by atoms with Gasteiger partial charge in [-0.05, 0) is 43.7 Å². The summed E-state index contributed by atoms with van der Waals surface area (Å²) in [4.78, 5) is 31.7. The molecule has 2 aromatic carbocycles. The zero-order chi connectivity index (χ0) is 26.3. The average Bonchev–Trinajstić information content (AvgIpc) is 3.29. The van der Waals surface area contributed by atoms with Gasteiger partial charge in [0.25, 0.3) is 0 Å². The van der Waals surface area contributed by atoms with E-state index in [9.17, 15) is 18.0 Å². The number of likely N-dealkylation sites (N-methyl/N-ethyl adjacent to an activating group) is 1. The van der Waals surface area contributed by atoms with Crippen molar-refractivity contribution in [3.63, 3.8) is 0 Å². The Bertz CT molecular complexity index is 1280. The highest BCUT2D eigenvalue weighted by Gasteiger charge is 2.27. The fourth-order valence-electron chi connectivity index (χ4n) is 3.43. The number of thiazole rings is 1. The predicted octanol–water partition coefficient (Wildman–Crippen LogP) is 2.93. The van der Waals surface area contributed by atoms with Crippen molar-refractivity contribution < 1.29 is 22.7 Å². The molecule has 0 radical (unpaired) electrons. The summed E-state index contributed by atoms with van der Waals surface area (Å²) in [6.07, 6.45) is 0.162. The van der Waals surface area contributed by atoms with Crippen molar-refractivity contribution in [1.82, 2.24) is 19.7 Å². The summed E-state index contributed by atoms with van der Waals surface area (Å²) >= 11 is 1.39. The minimum absolute atomic E-state index is 0.162. The molecule has 12 heteroatoms. The molecule has 0 aliphatic carbocycles. The molecule has 3 aromatic rings. The van der Waals surface area contributed by atoms with E-state index in [1.165, 1.54) is 16.2 Å². The van der Waals surface area contributed by atoms with Gasteiger partial charge in [0.05, 0.1) is 23.9 Å². The molecule has 3 N–H and O–H groups in total. The molecule has 0 bridgehead atoms. The van der Waals surface area contributed by atoms with E-state index in [-0.39, 0.29) is 6.42 Å². The molecule has 0 saturated carbocycles. The van der Waals surface area contributed by atoms with Crippen LogP contribution >= 0.6 is 11.3 Å². The monoisotopic (exact) mass is 531 g/mol. The van der Waals surface area contributed by atoms with Crippen molar-refractivity contribution in [3.8, 4) is 5.75 Å². The smallest absolute Gasteiger partial charge is 0.330 e. The van der Waals surface area contributed by atoms with E-state index in [0.29, 0.717) is 17.1 Å². The van der Waals surface area contributed by atoms with Crippen molar-refractivity contribution >= 4 is 39.2 Å². The molecule has 36 heavy (non-hydrogen) atoms. The van der Waals surface area contributed by atoms with Gasteiger partial charge in [0.2, 0.25) is 5.91 Å². The molecular weight excluding hydrogens is 502 g/mol. The number of anilines is 1. The molecule has 0 saturated heterocycles. The van der Waals surface area contributed by atoms with Gasteiger partial charge in [-0.15, -0.1) is 11.3 Å². The van der Waals surface area contributed by atoms with Crippen LogP contribution in [0, 0.1) is 6.92 Å². The highest BCUT2D eigenvalue weighted by atomic mass is 32.2. The van der Waals surface area contributed by atoms with Crippen LogP contribution < -0.4 is 24.4 Å². The number of benzene rings is 2. The largest absolute Gasteiger partial charge is 0.497 e. The predicted molar refractivity (Wildman–Crippen MR) is 139 cm³/mol. The SMILES string of the molecule is COc1ccc(N(C)C(=O)C(Cc2ccccc2)NC(=O)NS(=O)(=O)NC(C)c2csc(C)n2)cc1. The molecule has 10 nitrogen and oxygen atoms in total. The van der Waals surface area contributed by atoms with E-state index in [0.717, 1.165) is 10.6 Å². The number of nitrogens with one attached hydrogen (secondary N) is 3. The number of urea groups is 1.